The van der Waals surface area contributed by atoms with Crippen molar-refractivity contribution < 1.29 is 13.2 Å². The van der Waals surface area contributed by atoms with Crippen LogP contribution in [0.3, 0.4) is 0 Å². The number of alkyl halides is 3. The number of hydrogen-bond donors (Lipinski definition) is 1. The number of anilines is 1. The van der Waals surface area contributed by atoms with Crippen molar-refractivity contribution in [1.29, 1.82) is 0 Å². The number of nitrogens with one attached hydrogen (secondary N) is 1. The summed E-state index contributed by atoms with van der Waals surface area (Å²) in [7, 11) is 0. The molecule has 1 aromatic heterocycles. The van der Waals surface area contributed by atoms with Crippen LogP contribution in [0.15, 0.2) is 34.5 Å². The summed E-state index contributed by atoms with van der Waals surface area (Å²) in [6, 6.07) is 6.99. The molecule has 0 amide bonds. The summed E-state index contributed by atoms with van der Waals surface area (Å²) in [5, 5.41) is 6.05. The number of rotatable bonds is 5. The number of halogens is 3. The second-order valence-corrected chi connectivity index (χ2v) is 6.19. The third kappa shape index (κ3) is 4.72. The molecule has 0 fully saturated rings. The lowest BCUT2D eigenvalue weighted by Gasteiger charge is -2.12. The molecular formula is C13H13F3N2S2. The van der Waals surface area contributed by atoms with E-state index in [4.69, 9.17) is 0 Å². The SMILES string of the molecule is Cc1nc(CNc2ccccc2SCC(F)(F)F)cs1. The largest absolute Gasteiger partial charge is 0.398 e. The maximum absolute atomic E-state index is 12.3. The van der Waals surface area contributed by atoms with Gasteiger partial charge in [-0.2, -0.15) is 13.2 Å². The van der Waals surface area contributed by atoms with Crippen molar-refractivity contribution in [3.8, 4) is 0 Å². The van der Waals surface area contributed by atoms with Crippen LogP contribution in [-0.4, -0.2) is 16.9 Å². The Morgan fingerprint density at radius 3 is 2.70 bits per heavy atom. The zero-order valence-corrected chi connectivity index (χ0v) is 12.3. The van der Waals surface area contributed by atoms with E-state index < -0.39 is 11.9 Å². The van der Waals surface area contributed by atoms with E-state index in [1.807, 2.05) is 12.3 Å². The molecule has 0 atom stereocenters. The molecule has 0 saturated heterocycles. The minimum Gasteiger partial charge on any atom is -0.378 e. The van der Waals surface area contributed by atoms with E-state index >= 15 is 0 Å². The number of hydrogen-bond acceptors (Lipinski definition) is 4. The molecule has 0 radical (unpaired) electrons. The number of para-hydroxylation sites is 1. The summed E-state index contributed by atoms with van der Waals surface area (Å²) in [6.45, 7) is 2.43. The molecule has 0 bridgehead atoms. The van der Waals surface area contributed by atoms with E-state index in [9.17, 15) is 13.2 Å². The van der Waals surface area contributed by atoms with Gasteiger partial charge in [0.2, 0.25) is 0 Å². The van der Waals surface area contributed by atoms with Gasteiger partial charge in [-0.3, -0.25) is 0 Å². The minimum atomic E-state index is -4.16. The summed E-state index contributed by atoms with van der Waals surface area (Å²) < 4.78 is 36.8. The fourth-order valence-corrected chi connectivity index (χ4v) is 2.98. The van der Waals surface area contributed by atoms with Crippen molar-refractivity contribution in [1.82, 2.24) is 4.98 Å². The van der Waals surface area contributed by atoms with Crippen LogP contribution < -0.4 is 5.32 Å². The highest BCUT2D eigenvalue weighted by atomic mass is 32.2. The number of benzene rings is 1. The van der Waals surface area contributed by atoms with Gasteiger partial charge < -0.3 is 5.32 Å². The molecule has 2 rings (SSSR count). The highest BCUT2D eigenvalue weighted by molar-refractivity contribution is 7.99. The lowest BCUT2D eigenvalue weighted by molar-refractivity contribution is -0.105. The maximum atomic E-state index is 12.3. The molecule has 1 heterocycles. The van der Waals surface area contributed by atoms with E-state index in [2.05, 4.69) is 10.3 Å². The summed E-state index contributed by atoms with van der Waals surface area (Å²) in [5.41, 5.74) is 1.59. The second-order valence-electron chi connectivity index (χ2n) is 4.11. The molecule has 20 heavy (non-hydrogen) atoms. The number of thioether (sulfide) groups is 1. The van der Waals surface area contributed by atoms with Crippen LogP contribution in [-0.2, 0) is 6.54 Å². The Hall–Kier alpha value is -1.21. The van der Waals surface area contributed by atoms with Crippen molar-refractivity contribution in [2.45, 2.75) is 24.5 Å². The van der Waals surface area contributed by atoms with Gasteiger partial charge in [0.1, 0.15) is 0 Å². The summed E-state index contributed by atoms with van der Waals surface area (Å²) in [4.78, 5) is 4.90. The fraction of sp³-hybridized carbons (Fsp3) is 0.308. The Morgan fingerprint density at radius 1 is 1.30 bits per heavy atom. The topological polar surface area (TPSA) is 24.9 Å². The average Bonchev–Trinajstić information content (AvgIpc) is 2.80. The van der Waals surface area contributed by atoms with Crippen LogP contribution in [0.1, 0.15) is 10.7 Å². The first-order valence-electron chi connectivity index (χ1n) is 5.87. The highest BCUT2D eigenvalue weighted by Crippen LogP contribution is 2.32. The third-order valence-electron chi connectivity index (χ3n) is 2.40. The van der Waals surface area contributed by atoms with E-state index in [0.717, 1.165) is 22.5 Å². The number of nitrogens with zero attached hydrogens (tertiary/aromatic N) is 1. The third-order valence-corrected chi connectivity index (χ3v) is 4.37. The standard InChI is InChI=1S/C13H13F3N2S2/c1-9-18-10(7-19-9)6-17-11-4-2-3-5-12(11)20-8-13(14,15)16/h2-5,7,17H,6,8H2,1H3. The fourth-order valence-electron chi connectivity index (χ4n) is 1.57. The smallest absolute Gasteiger partial charge is 0.378 e. The van der Waals surface area contributed by atoms with Crippen LogP contribution in [0.2, 0.25) is 0 Å². The van der Waals surface area contributed by atoms with Crippen LogP contribution in [0.4, 0.5) is 18.9 Å². The molecule has 7 heteroatoms. The van der Waals surface area contributed by atoms with Crippen molar-refractivity contribution in [2.24, 2.45) is 0 Å². The molecule has 108 valence electrons. The summed E-state index contributed by atoms with van der Waals surface area (Å²) in [6.07, 6.45) is -4.16. The molecule has 0 aliphatic rings. The molecular weight excluding hydrogens is 305 g/mol. The van der Waals surface area contributed by atoms with Gasteiger partial charge in [0.25, 0.3) is 0 Å². The van der Waals surface area contributed by atoms with Gasteiger partial charge in [-0.15, -0.1) is 23.1 Å². The van der Waals surface area contributed by atoms with Gasteiger partial charge in [-0.05, 0) is 19.1 Å². The van der Waals surface area contributed by atoms with Gasteiger partial charge in [0.05, 0.1) is 23.0 Å². The molecule has 1 aromatic carbocycles. The van der Waals surface area contributed by atoms with Crippen molar-refractivity contribution in [3.63, 3.8) is 0 Å². The zero-order chi connectivity index (χ0) is 14.6. The monoisotopic (exact) mass is 318 g/mol. The Kier molecular flexibility index (Phi) is 4.93. The molecule has 2 nitrogen and oxygen atoms in total. The average molecular weight is 318 g/mol. The number of aromatic nitrogens is 1. The Labute approximate surface area is 123 Å². The molecule has 0 aliphatic carbocycles. The Morgan fingerprint density at radius 2 is 2.05 bits per heavy atom. The van der Waals surface area contributed by atoms with E-state index in [0.29, 0.717) is 17.1 Å². The first-order chi connectivity index (χ1) is 9.44. The van der Waals surface area contributed by atoms with Crippen LogP contribution in [0.25, 0.3) is 0 Å². The second kappa shape index (κ2) is 6.49. The number of thiazole rings is 1. The molecule has 0 saturated carbocycles. The predicted molar refractivity (Wildman–Crippen MR) is 77.4 cm³/mol. The molecule has 2 aromatic rings. The van der Waals surface area contributed by atoms with Crippen LogP contribution >= 0.6 is 23.1 Å². The van der Waals surface area contributed by atoms with Gasteiger partial charge in [-0.25, -0.2) is 4.98 Å². The normalized spacial score (nSPS) is 11.6. The zero-order valence-electron chi connectivity index (χ0n) is 10.7. The minimum absolute atomic E-state index is 0.508. The van der Waals surface area contributed by atoms with Gasteiger partial charge in [-0.1, -0.05) is 12.1 Å². The quantitative estimate of drug-likeness (QED) is 0.808. The lowest BCUT2D eigenvalue weighted by Crippen LogP contribution is -2.11. The first kappa shape index (κ1) is 15.2. The Bertz CT molecular complexity index is 567. The highest BCUT2D eigenvalue weighted by Gasteiger charge is 2.27. The number of aryl methyl sites for hydroxylation is 1. The van der Waals surface area contributed by atoms with Crippen LogP contribution in [0.5, 0.6) is 0 Å². The van der Waals surface area contributed by atoms with Crippen LogP contribution in [0, 0.1) is 6.92 Å². The lowest BCUT2D eigenvalue weighted by atomic mass is 10.3. The molecule has 0 aliphatic heterocycles. The molecule has 1 N–H and O–H groups in total. The van der Waals surface area contributed by atoms with Crippen molar-refractivity contribution in [3.05, 3.63) is 40.3 Å². The molecule has 0 spiro atoms. The van der Waals surface area contributed by atoms with E-state index in [1.165, 1.54) is 0 Å². The van der Waals surface area contributed by atoms with Gasteiger partial charge in [0, 0.05) is 16.0 Å². The molecule has 0 unspecified atom stereocenters. The van der Waals surface area contributed by atoms with Gasteiger partial charge >= 0.3 is 6.18 Å². The first-order valence-corrected chi connectivity index (χ1v) is 7.74. The maximum Gasteiger partial charge on any atom is 0.398 e. The Balaban J connectivity index is 2.00. The van der Waals surface area contributed by atoms with Gasteiger partial charge in [0.15, 0.2) is 0 Å². The summed E-state index contributed by atoms with van der Waals surface area (Å²) >= 11 is 2.34. The predicted octanol–water partition coefficient (Wildman–Crippen LogP) is 4.72. The van der Waals surface area contributed by atoms with E-state index in [-0.39, 0.29) is 0 Å². The van der Waals surface area contributed by atoms with E-state index in [1.54, 1.807) is 35.6 Å². The summed E-state index contributed by atoms with van der Waals surface area (Å²) in [5.74, 6) is -0.887. The van der Waals surface area contributed by atoms with Crippen molar-refractivity contribution in [2.75, 3.05) is 11.1 Å². The van der Waals surface area contributed by atoms with Crippen molar-refractivity contribution >= 4 is 28.8 Å².